The average molecular weight is 514 g/mol. The molecule has 3 rings (SSSR count). The summed E-state index contributed by atoms with van der Waals surface area (Å²) in [5.41, 5.74) is 1.18. The highest BCUT2D eigenvalue weighted by atomic mass is 35.5. The van der Waals surface area contributed by atoms with Crippen molar-refractivity contribution in [1.82, 2.24) is 20.1 Å². The van der Waals surface area contributed by atoms with Crippen LogP contribution in [0, 0.1) is 5.92 Å². The van der Waals surface area contributed by atoms with Crippen LogP contribution in [0.15, 0.2) is 66.3 Å². The van der Waals surface area contributed by atoms with Crippen molar-refractivity contribution in [2.45, 2.75) is 31.6 Å². The first kappa shape index (κ1) is 26.3. The van der Waals surface area contributed by atoms with Gasteiger partial charge in [0.1, 0.15) is 5.75 Å². The standard InChI is InChI=1S/C25H28ClN5O3S/c1-5-14-31-23(22(16(2)3)28-24(33)17-6-12-20(34-4)13-7-17)29-30-25(31)35-15-21(32)27-19-10-8-18(26)9-11-19/h5-13,16,22H,1,14-15H2,2-4H3,(H,27,32)(H,28,33). The summed E-state index contributed by atoms with van der Waals surface area (Å²) in [5, 5.41) is 15.7. The number of nitrogens with one attached hydrogen (secondary N) is 2. The molecule has 0 saturated heterocycles. The summed E-state index contributed by atoms with van der Waals surface area (Å²) >= 11 is 7.15. The van der Waals surface area contributed by atoms with Crippen molar-refractivity contribution in [3.8, 4) is 5.75 Å². The molecule has 0 aliphatic rings. The summed E-state index contributed by atoms with van der Waals surface area (Å²) in [6, 6.07) is 13.4. The van der Waals surface area contributed by atoms with E-state index in [-0.39, 0.29) is 23.5 Å². The van der Waals surface area contributed by atoms with Gasteiger partial charge in [0.05, 0.1) is 18.9 Å². The highest BCUT2D eigenvalue weighted by Gasteiger charge is 2.26. The maximum Gasteiger partial charge on any atom is 0.251 e. The lowest BCUT2D eigenvalue weighted by molar-refractivity contribution is -0.113. The number of allylic oxidation sites excluding steroid dienone is 1. The number of thioether (sulfide) groups is 1. The van der Waals surface area contributed by atoms with Crippen LogP contribution in [-0.2, 0) is 11.3 Å². The van der Waals surface area contributed by atoms with Gasteiger partial charge in [-0.3, -0.25) is 9.59 Å². The molecule has 1 unspecified atom stereocenters. The third-order valence-electron chi connectivity index (χ3n) is 5.10. The van der Waals surface area contributed by atoms with Crippen LogP contribution in [0.2, 0.25) is 5.02 Å². The summed E-state index contributed by atoms with van der Waals surface area (Å²) < 4.78 is 7.03. The fourth-order valence-electron chi connectivity index (χ4n) is 3.29. The molecule has 0 saturated carbocycles. The predicted molar refractivity (Wildman–Crippen MR) is 139 cm³/mol. The van der Waals surface area contributed by atoms with Gasteiger partial charge in [-0.2, -0.15) is 0 Å². The molecule has 2 aromatic carbocycles. The number of carbonyl (C=O) groups is 2. The molecule has 3 aromatic rings. The van der Waals surface area contributed by atoms with Crippen LogP contribution in [0.3, 0.4) is 0 Å². The summed E-state index contributed by atoms with van der Waals surface area (Å²) in [5.74, 6) is 1.05. The van der Waals surface area contributed by atoms with Crippen molar-refractivity contribution in [3.05, 3.63) is 77.6 Å². The van der Waals surface area contributed by atoms with E-state index in [1.165, 1.54) is 11.8 Å². The van der Waals surface area contributed by atoms with Crippen molar-refractivity contribution in [1.29, 1.82) is 0 Å². The monoisotopic (exact) mass is 513 g/mol. The van der Waals surface area contributed by atoms with E-state index in [1.807, 2.05) is 18.4 Å². The Morgan fingerprint density at radius 1 is 1.14 bits per heavy atom. The van der Waals surface area contributed by atoms with Crippen molar-refractivity contribution < 1.29 is 14.3 Å². The number of amides is 2. The highest BCUT2D eigenvalue weighted by molar-refractivity contribution is 7.99. The minimum Gasteiger partial charge on any atom is -0.497 e. The van der Waals surface area contributed by atoms with E-state index >= 15 is 0 Å². The Hall–Kier alpha value is -3.30. The SMILES string of the molecule is C=CCn1c(SCC(=O)Nc2ccc(Cl)cc2)nnc1C(NC(=O)c1ccc(OC)cc1)C(C)C. The van der Waals surface area contributed by atoms with Crippen LogP contribution < -0.4 is 15.4 Å². The number of aromatic nitrogens is 3. The first-order valence-electron chi connectivity index (χ1n) is 11.0. The minimum absolute atomic E-state index is 0.0380. The van der Waals surface area contributed by atoms with Crippen LogP contribution in [0.25, 0.3) is 0 Å². The second kappa shape index (κ2) is 12.4. The predicted octanol–water partition coefficient (Wildman–Crippen LogP) is 4.98. The number of hydrogen-bond donors (Lipinski definition) is 2. The molecule has 0 aliphatic carbocycles. The lowest BCUT2D eigenvalue weighted by atomic mass is 10.0. The van der Waals surface area contributed by atoms with Crippen molar-refractivity contribution >= 4 is 40.9 Å². The number of nitrogens with zero attached hydrogens (tertiary/aromatic N) is 3. The molecule has 184 valence electrons. The van der Waals surface area contributed by atoms with Crippen molar-refractivity contribution in [2.24, 2.45) is 5.92 Å². The minimum atomic E-state index is -0.394. The van der Waals surface area contributed by atoms with Crippen LogP contribution >= 0.6 is 23.4 Å². The largest absolute Gasteiger partial charge is 0.497 e. The van der Waals surface area contributed by atoms with E-state index < -0.39 is 6.04 Å². The molecule has 1 atom stereocenters. The molecule has 1 aromatic heterocycles. The molecule has 0 bridgehead atoms. The Morgan fingerprint density at radius 2 is 1.83 bits per heavy atom. The molecule has 0 radical (unpaired) electrons. The zero-order valence-corrected chi connectivity index (χ0v) is 21.4. The van der Waals surface area contributed by atoms with E-state index in [2.05, 4.69) is 27.4 Å². The number of carbonyl (C=O) groups excluding carboxylic acids is 2. The van der Waals surface area contributed by atoms with E-state index in [0.717, 1.165) is 0 Å². The van der Waals surface area contributed by atoms with Crippen LogP contribution in [-0.4, -0.2) is 39.4 Å². The van der Waals surface area contributed by atoms with Gasteiger partial charge in [0.2, 0.25) is 5.91 Å². The van der Waals surface area contributed by atoms with E-state index in [9.17, 15) is 9.59 Å². The van der Waals surface area contributed by atoms with Gasteiger partial charge >= 0.3 is 0 Å². The first-order chi connectivity index (χ1) is 16.8. The molecule has 10 heteroatoms. The molecule has 8 nitrogen and oxygen atoms in total. The molecule has 2 N–H and O–H groups in total. The Kier molecular flexibility index (Phi) is 9.33. The molecular weight excluding hydrogens is 486 g/mol. The van der Waals surface area contributed by atoms with E-state index in [1.54, 1.807) is 61.7 Å². The molecule has 2 amide bonds. The van der Waals surface area contributed by atoms with Gasteiger partial charge in [-0.15, -0.1) is 16.8 Å². The van der Waals surface area contributed by atoms with Crippen LogP contribution in [0.5, 0.6) is 5.75 Å². The zero-order valence-electron chi connectivity index (χ0n) is 19.8. The van der Waals surface area contributed by atoms with E-state index in [4.69, 9.17) is 16.3 Å². The Morgan fingerprint density at radius 3 is 2.43 bits per heavy atom. The number of methoxy groups -OCH3 is 1. The Labute approximate surface area is 214 Å². The molecule has 0 fully saturated rings. The number of rotatable bonds is 11. The van der Waals surface area contributed by atoms with Gasteiger partial charge in [-0.1, -0.05) is 43.3 Å². The molecular formula is C25H28ClN5O3S. The summed E-state index contributed by atoms with van der Waals surface area (Å²) in [4.78, 5) is 25.4. The number of hydrogen-bond acceptors (Lipinski definition) is 6. The summed E-state index contributed by atoms with van der Waals surface area (Å²) in [6.45, 7) is 8.26. The van der Waals surface area contributed by atoms with Crippen LogP contribution in [0.4, 0.5) is 5.69 Å². The number of anilines is 1. The smallest absolute Gasteiger partial charge is 0.251 e. The molecule has 35 heavy (non-hydrogen) atoms. The quantitative estimate of drug-likeness (QED) is 0.277. The second-order valence-corrected chi connectivity index (χ2v) is 9.39. The summed E-state index contributed by atoms with van der Waals surface area (Å²) in [6.07, 6.45) is 1.73. The highest BCUT2D eigenvalue weighted by Crippen LogP contribution is 2.26. The Balaban J connectivity index is 1.73. The molecule has 0 spiro atoms. The van der Waals surface area contributed by atoms with Gasteiger partial charge < -0.3 is 19.9 Å². The van der Waals surface area contributed by atoms with Crippen molar-refractivity contribution in [3.63, 3.8) is 0 Å². The second-order valence-electron chi connectivity index (χ2n) is 8.01. The topological polar surface area (TPSA) is 98.1 Å². The van der Waals surface area contributed by atoms with Gasteiger partial charge in [-0.05, 0) is 54.4 Å². The average Bonchev–Trinajstić information content (AvgIpc) is 3.24. The Bertz CT molecular complexity index is 1160. The first-order valence-corrected chi connectivity index (χ1v) is 12.4. The third kappa shape index (κ3) is 7.10. The fraction of sp³-hybridized carbons (Fsp3) is 0.280. The fourth-order valence-corrected chi connectivity index (χ4v) is 4.18. The normalized spacial score (nSPS) is 11.7. The molecule has 0 aliphatic heterocycles. The third-order valence-corrected chi connectivity index (χ3v) is 6.32. The van der Waals surface area contributed by atoms with Crippen LogP contribution in [0.1, 0.15) is 36.1 Å². The van der Waals surface area contributed by atoms with Gasteiger partial charge in [0.15, 0.2) is 11.0 Å². The van der Waals surface area contributed by atoms with E-state index in [0.29, 0.717) is 39.5 Å². The summed E-state index contributed by atoms with van der Waals surface area (Å²) in [7, 11) is 1.58. The molecule has 1 heterocycles. The zero-order chi connectivity index (χ0) is 25.4. The van der Waals surface area contributed by atoms with Gasteiger partial charge in [0.25, 0.3) is 5.91 Å². The maximum atomic E-state index is 12.9. The number of benzene rings is 2. The number of ether oxygens (including phenoxy) is 1. The number of halogens is 1. The lowest BCUT2D eigenvalue weighted by Gasteiger charge is -2.22. The van der Waals surface area contributed by atoms with Crippen molar-refractivity contribution in [2.75, 3.05) is 18.2 Å². The maximum absolute atomic E-state index is 12.9. The lowest BCUT2D eigenvalue weighted by Crippen LogP contribution is -2.33. The van der Waals surface area contributed by atoms with Gasteiger partial charge in [0, 0.05) is 22.8 Å². The van der Waals surface area contributed by atoms with Gasteiger partial charge in [-0.25, -0.2) is 0 Å².